The Hall–Kier alpha value is -6.96. The quantitative estimate of drug-likeness (QED) is 0.167. The molecule has 53 heavy (non-hydrogen) atoms. The van der Waals surface area contributed by atoms with Crippen molar-refractivity contribution in [3.63, 3.8) is 0 Å². The first kappa shape index (κ1) is 27.7. The Morgan fingerprint density at radius 2 is 0.755 bits per heavy atom. The highest BCUT2D eigenvalue weighted by Gasteiger charge is 2.21. The molecule has 13 rings (SSSR count). The van der Waals surface area contributed by atoms with E-state index in [1.165, 1.54) is 119 Å². The van der Waals surface area contributed by atoms with Crippen molar-refractivity contribution in [3.05, 3.63) is 170 Å². The van der Waals surface area contributed by atoms with Gasteiger partial charge >= 0.3 is 0 Å². The molecule has 0 saturated heterocycles. The molecule has 0 radical (unpaired) electrons. The van der Waals surface area contributed by atoms with E-state index >= 15 is 0 Å². The van der Waals surface area contributed by atoms with Crippen LogP contribution >= 0.6 is 0 Å². The minimum atomic E-state index is 0.917. The van der Waals surface area contributed by atoms with Gasteiger partial charge in [-0.2, -0.15) is 0 Å². The molecule has 0 spiro atoms. The van der Waals surface area contributed by atoms with Gasteiger partial charge in [-0.05, 0) is 127 Å². The summed E-state index contributed by atoms with van der Waals surface area (Å²) in [4.78, 5) is 0. The average Bonchev–Trinajstić information content (AvgIpc) is 3.61. The third-order valence-electron chi connectivity index (χ3n) is 12.1. The zero-order chi connectivity index (χ0) is 34.4. The van der Waals surface area contributed by atoms with Crippen LogP contribution in [0.5, 0.6) is 0 Å². The second-order valence-electron chi connectivity index (χ2n) is 14.8. The third kappa shape index (κ3) is 3.61. The molecule has 0 aliphatic heterocycles. The second-order valence-corrected chi connectivity index (χ2v) is 14.8. The molecule has 0 fully saturated rings. The summed E-state index contributed by atoms with van der Waals surface area (Å²) < 4.78 is 6.79. The van der Waals surface area contributed by atoms with Crippen molar-refractivity contribution in [3.8, 4) is 22.3 Å². The summed E-state index contributed by atoms with van der Waals surface area (Å²) in [6.07, 6.45) is 0. The number of hydrogen-bond donors (Lipinski definition) is 0. The molecule has 1 aromatic heterocycles. The Morgan fingerprint density at radius 3 is 1.45 bits per heavy atom. The number of rotatable bonds is 2. The summed E-state index contributed by atoms with van der Waals surface area (Å²) in [5.74, 6) is 0. The fourth-order valence-corrected chi connectivity index (χ4v) is 9.80. The second kappa shape index (κ2) is 9.88. The molecule has 1 heteroatoms. The van der Waals surface area contributed by atoms with Crippen molar-refractivity contribution in [1.29, 1.82) is 0 Å². The van der Waals surface area contributed by atoms with Crippen LogP contribution in [0.1, 0.15) is 0 Å². The van der Waals surface area contributed by atoms with Gasteiger partial charge in [-0.25, -0.2) is 0 Å². The van der Waals surface area contributed by atoms with Crippen molar-refractivity contribution in [2.75, 3.05) is 0 Å². The minimum absolute atomic E-state index is 0.917. The van der Waals surface area contributed by atoms with Gasteiger partial charge in [0.25, 0.3) is 0 Å². The van der Waals surface area contributed by atoms with E-state index in [1.807, 2.05) is 0 Å². The van der Waals surface area contributed by atoms with E-state index in [0.29, 0.717) is 0 Å². The fourth-order valence-electron chi connectivity index (χ4n) is 9.80. The van der Waals surface area contributed by atoms with Crippen molar-refractivity contribution < 1.29 is 4.42 Å². The van der Waals surface area contributed by atoms with Crippen LogP contribution in [0.2, 0.25) is 0 Å². The highest BCUT2D eigenvalue weighted by Crippen LogP contribution is 2.47. The van der Waals surface area contributed by atoms with Crippen LogP contribution in [0.4, 0.5) is 0 Å². The zero-order valence-corrected chi connectivity index (χ0v) is 28.6. The maximum atomic E-state index is 6.79. The Bertz CT molecular complexity index is 3640. The summed E-state index contributed by atoms with van der Waals surface area (Å²) in [7, 11) is 0. The Kier molecular flexibility index (Phi) is 5.17. The van der Waals surface area contributed by atoms with E-state index in [1.54, 1.807) is 0 Å². The lowest BCUT2D eigenvalue weighted by Gasteiger charge is -2.17. The molecule has 242 valence electrons. The molecular formula is C52H28O. The van der Waals surface area contributed by atoms with Gasteiger partial charge in [0.15, 0.2) is 0 Å². The van der Waals surface area contributed by atoms with E-state index < -0.39 is 0 Å². The van der Waals surface area contributed by atoms with Crippen LogP contribution < -0.4 is 0 Å². The summed E-state index contributed by atoms with van der Waals surface area (Å²) >= 11 is 0. The lowest BCUT2D eigenvalue weighted by molar-refractivity contribution is 0.669. The van der Waals surface area contributed by atoms with Gasteiger partial charge in [-0.3, -0.25) is 0 Å². The van der Waals surface area contributed by atoms with Crippen molar-refractivity contribution in [2.45, 2.75) is 0 Å². The number of fused-ring (bicyclic) bond motifs is 7. The normalized spacial score (nSPS) is 12.5. The molecule has 1 nitrogen and oxygen atoms in total. The predicted molar refractivity (Wildman–Crippen MR) is 227 cm³/mol. The first-order chi connectivity index (χ1) is 26.3. The van der Waals surface area contributed by atoms with E-state index in [0.717, 1.165) is 11.2 Å². The van der Waals surface area contributed by atoms with Gasteiger partial charge < -0.3 is 4.42 Å². The molecule has 1 heterocycles. The SMILES string of the molecule is c1ccc2c(c1)ccc1oc3cc(-c4ccc5ccc6cccc7ccc4c5c67)c4cc(-c5ccc6ccc7cccc8ccc5c6c78)ccc4c3c12. The zero-order valence-electron chi connectivity index (χ0n) is 28.6. The summed E-state index contributed by atoms with van der Waals surface area (Å²) in [5.41, 5.74) is 6.71. The summed E-state index contributed by atoms with van der Waals surface area (Å²) in [6, 6.07) is 63.2. The van der Waals surface area contributed by atoms with Crippen LogP contribution in [-0.2, 0) is 0 Å². The highest BCUT2D eigenvalue weighted by atomic mass is 16.3. The molecule has 0 saturated carbocycles. The average molecular weight is 669 g/mol. The molecule has 0 aliphatic carbocycles. The monoisotopic (exact) mass is 668 g/mol. The molecule has 0 bridgehead atoms. The highest BCUT2D eigenvalue weighted by molar-refractivity contribution is 6.31. The van der Waals surface area contributed by atoms with E-state index in [-0.39, 0.29) is 0 Å². The van der Waals surface area contributed by atoms with Crippen LogP contribution in [0.3, 0.4) is 0 Å². The maximum Gasteiger partial charge on any atom is 0.136 e. The first-order valence-electron chi connectivity index (χ1n) is 18.4. The molecule has 0 aliphatic rings. The largest absolute Gasteiger partial charge is 0.456 e. The molecule has 0 amide bonds. The molecule has 0 N–H and O–H groups in total. The smallest absolute Gasteiger partial charge is 0.136 e. The Balaban J connectivity index is 1.18. The van der Waals surface area contributed by atoms with Crippen LogP contribution in [0.25, 0.3) is 130 Å². The Labute approximate surface area is 303 Å². The molecule has 13 aromatic rings. The minimum Gasteiger partial charge on any atom is -0.456 e. The molecule has 12 aromatic carbocycles. The van der Waals surface area contributed by atoms with Gasteiger partial charge in [0, 0.05) is 10.8 Å². The van der Waals surface area contributed by atoms with Crippen LogP contribution in [0, 0.1) is 0 Å². The summed E-state index contributed by atoms with van der Waals surface area (Å²) in [6.45, 7) is 0. The van der Waals surface area contributed by atoms with Crippen molar-refractivity contribution >= 4 is 108 Å². The lowest BCUT2D eigenvalue weighted by Crippen LogP contribution is -1.90. The van der Waals surface area contributed by atoms with Gasteiger partial charge in [-0.15, -0.1) is 0 Å². The fraction of sp³-hybridized carbons (Fsp3) is 0. The van der Waals surface area contributed by atoms with Gasteiger partial charge in [0.2, 0.25) is 0 Å². The van der Waals surface area contributed by atoms with E-state index in [2.05, 4.69) is 170 Å². The lowest BCUT2D eigenvalue weighted by atomic mass is 9.86. The summed E-state index contributed by atoms with van der Waals surface area (Å²) in [5, 5.41) is 22.8. The standard InChI is InChI=1S/C52H28O/c1-2-10-38-29(5-1)20-26-45-51(38)52-42-25-19-36(37-21-15-34-13-11-30-6-3-8-32-17-23-40(37)49(34)47(30)32)27-43(42)44(28-46(52)53-45)39-22-16-35-14-12-31-7-4-9-33-18-24-41(39)50(35)48(31)33/h1-28H. The first-order valence-corrected chi connectivity index (χ1v) is 18.4. The van der Waals surface area contributed by atoms with Crippen molar-refractivity contribution in [1.82, 2.24) is 0 Å². The number of hydrogen-bond acceptors (Lipinski definition) is 1. The molecule has 0 atom stereocenters. The van der Waals surface area contributed by atoms with Crippen LogP contribution in [0.15, 0.2) is 174 Å². The van der Waals surface area contributed by atoms with E-state index in [9.17, 15) is 0 Å². The Morgan fingerprint density at radius 1 is 0.245 bits per heavy atom. The number of furan rings is 1. The van der Waals surface area contributed by atoms with Gasteiger partial charge in [-0.1, -0.05) is 152 Å². The predicted octanol–water partition coefficient (Wildman–Crippen LogP) is 15.0. The molecular weight excluding hydrogens is 641 g/mol. The number of benzene rings is 12. The maximum absolute atomic E-state index is 6.79. The third-order valence-corrected chi connectivity index (χ3v) is 12.1. The topological polar surface area (TPSA) is 13.1 Å². The van der Waals surface area contributed by atoms with Crippen molar-refractivity contribution in [2.24, 2.45) is 0 Å². The van der Waals surface area contributed by atoms with Gasteiger partial charge in [0.1, 0.15) is 11.2 Å². The molecule has 0 unspecified atom stereocenters. The van der Waals surface area contributed by atoms with Crippen LogP contribution in [-0.4, -0.2) is 0 Å². The van der Waals surface area contributed by atoms with Gasteiger partial charge in [0.05, 0.1) is 0 Å². The van der Waals surface area contributed by atoms with E-state index in [4.69, 9.17) is 4.42 Å².